The lowest BCUT2D eigenvalue weighted by molar-refractivity contribution is -0.384. The molecule has 37 heavy (non-hydrogen) atoms. The monoisotopic (exact) mass is 538 g/mol. The Morgan fingerprint density at radius 1 is 0.865 bits per heavy atom. The summed E-state index contributed by atoms with van der Waals surface area (Å²) in [6, 6.07) is 7.26. The van der Waals surface area contributed by atoms with Crippen molar-refractivity contribution < 1.29 is 10.0 Å². The largest absolute Gasteiger partial charge is 0.504 e. The number of phenolic OH excluding ortho intramolecular Hbond substituents is 1. The minimum atomic E-state index is -0.573. The highest BCUT2D eigenvalue weighted by atomic mass is 32.1. The number of azo groups is 3. The van der Waals surface area contributed by atoms with Gasteiger partial charge in [0.2, 0.25) is 10.3 Å². The Labute approximate surface area is 217 Å². The average Bonchev–Trinajstić information content (AvgIpc) is 3.48. The highest BCUT2D eigenvalue weighted by Crippen LogP contribution is 2.50. The molecule has 15 nitrogen and oxygen atoms in total. The van der Waals surface area contributed by atoms with E-state index in [1.807, 2.05) is 0 Å². The summed E-state index contributed by atoms with van der Waals surface area (Å²) in [5.74, 6) is 0.713. The molecule has 1 N–H and O–H groups in total. The maximum absolute atomic E-state index is 11.3. The summed E-state index contributed by atoms with van der Waals surface area (Å²) >= 11 is 2.11. The molecule has 0 spiro atoms. The fourth-order valence-corrected chi connectivity index (χ4v) is 3.97. The molecule has 0 radical (unpaired) electrons. The summed E-state index contributed by atoms with van der Waals surface area (Å²) in [6.07, 6.45) is 0. The van der Waals surface area contributed by atoms with Gasteiger partial charge in [-0.2, -0.15) is 8.75 Å². The molecule has 4 rings (SSSR count). The van der Waals surface area contributed by atoms with E-state index in [9.17, 15) is 15.2 Å². The van der Waals surface area contributed by atoms with E-state index in [2.05, 4.69) is 49.4 Å². The van der Waals surface area contributed by atoms with Crippen LogP contribution in [-0.4, -0.2) is 42.8 Å². The molecular formula is C20H18N12O3S2. The zero-order valence-electron chi connectivity index (χ0n) is 19.8. The summed E-state index contributed by atoms with van der Waals surface area (Å²) in [4.78, 5) is 20.8. The molecule has 0 aliphatic heterocycles. The smallest absolute Gasteiger partial charge is 0.296 e. The minimum absolute atomic E-state index is 0.00334. The first kappa shape index (κ1) is 25.5. The molecule has 188 valence electrons. The molecule has 0 unspecified atom stereocenters. The molecular weight excluding hydrogens is 520 g/mol. The van der Waals surface area contributed by atoms with Gasteiger partial charge in [-0.05, 0) is 26.0 Å². The second kappa shape index (κ2) is 11.0. The van der Waals surface area contributed by atoms with Gasteiger partial charge in [-0.25, -0.2) is 9.97 Å². The predicted molar refractivity (Wildman–Crippen MR) is 137 cm³/mol. The molecule has 0 bridgehead atoms. The Kier molecular flexibility index (Phi) is 7.54. The molecule has 0 aliphatic carbocycles. The van der Waals surface area contributed by atoms with Gasteiger partial charge in [-0.15, -0.1) is 30.7 Å². The van der Waals surface area contributed by atoms with Gasteiger partial charge in [0.05, 0.1) is 10.6 Å². The normalized spacial score (nSPS) is 11.8. The summed E-state index contributed by atoms with van der Waals surface area (Å²) in [5, 5.41) is 47.8. The van der Waals surface area contributed by atoms with Crippen molar-refractivity contribution in [2.75, 3.05) is 19.0 Å². The van der Waals surface area contributed by atoms with Crippen LogP contribution >= 0.6 is 23.1 Å². The summed E-state index contributed by atoms with van der Waals surface area (Å²) < 4.78 is 8.14. The lowest BCUT2D eigenvalue weighted by Gasteiger charge is -2.18. The molecule has 0 atom stereocenters. The van der Waals surface area contributed by atoms with Crippen molar-refractivity contribution in [3.8, 4) is 5.75 Å². The predicted octanol–water partition coefficient (Wildman–Crippen LogP) is 6.93. The molecule has 2 aromatic heterocycles. The van der Waals surface area contributed by atoms with Gasteiger partial charge in [-0.1, -0.05) is 12.1 Å². The fraction of sp³-hybridized carbons (Fsp3) is 0.200. The number of nitro benzene ring substituents is 1. The van der Waals surface area contributed by atoms with Gasteiger partial charge in [0.25, 0.3) is 5.69 Å². The number of aromatic nitrogens is 4. The molecule has 0 fully saturated rings. The van der Waals surface area contributed by atoms with Gasteiger partial charge in [0.15, 0.2) is 17.1 Å². The number of para-hydroxylation sites is 1. The van der Waals surface area contributed by atoms with E-state index in [1.165, 1.54) is 24.3 Å². The summed E-state index contributed by atoms with van der Waals surface area (Å²) in [6.45, 7) is 3.45. The number of rotatable bonds is 8. The zero-order chi connectivity index (χ0) is 26.5. The van der Waals surface area contributed by atoms with E-state index in [0.29, 0.717) is 22.5 Å². The Morgan fingerprint density at radius 2 is 1.43 bits per heavy atom. The third-order valence-electron chi connectivity index (χ3n) is 4.51. The summed E-state index contributed by atoms with van der Waals surface area (Å²) in [7, 11) is 3.46. The molecule has 2 aromatic carbocycles. The van der Waals surface area contributed by atoms with Crippen LogP contribution in [0.5, 0.6) is 5.75 Å². The van der Waals surface area contributed by atoms with Crippen molar-refractivity contribution in [3.63, 3.8) is 0 Å². The Balaban J connectivity index is 1.87. The molecule has 0 aliphatic rings. The van der Waals surface area contributed by atoms with Crippen LogP contribution in [0.4, 0.5) is 44.4 Å². The molecule has 4 aromatic rings. The minimum Gasteiger partial charge on any atom is -0.504 e. The first-order chi connectivity index (χ1) is 17.7. The van der Waals surface area contributed by atoms with Gasteiger partial charge in [0.1, 0.15) is 23.0 Å². The van der Waals surface area contributed by atoms with E-state index in [0.717, 1.165) is 23.1 Å². The van der Waals surface area contributed by atoms with Crippen molar-refractivity contribution in [1.82, 2.24) is 18.7 Å². The number of nitro groups is 1. The van der Waals surface area contributed by atoms with Crippen LogP contribution in [0, 0.1) is 24.0 Å². The first-order valence-corrected chi connectivity index (χ1v) is 11.9. The quantitative estimate of drug-likeness (QED) is 0.142. The van der Waals surface area contributed by atoms with Crippen LogP contribution in [0.25, 0.3) is 0 Å². The second-order valence-corrected chi connectivity index (χ2v) is 8.91. The Morgan fingerprint density at radius 3 is 2.00 bits per heavy atom. The Hall–Kier alpha value is -4.64. The first-order valence-electron chi connectivity index (χ1n) is 10.4. The van der Waals surface area contributed by atoms with Gasteiger partial charge < -0.3 is 10.0 Å². The number of aromatic hydroxyl groups is 1. The standard InChI is InChI=1S/C20H18N12O3S2/c1-10-21-19(36-29-10)27-24-13-9-14(25-23-12-7-5-6-8-15(12)32(34)35)18(33)16(17(13)31(3)4)26-28-20-22-11(2)30-37-20/h5-9,33H,1-4H3. The molecule has 0 saturated carbocycles. The maximum Gasteiger partial charge on any atom is 0.296 e. The fourth-order valence-electron chi connectivity index (χ4n) is 2.96. The highest BCUT2D eigenvalue weighted by Gasteiger charge is 2.21. The third kappa shape index (κ3) is 5.96. The number of aryl methyl sites for hydroxylation is 2. The summed E-state index contributed by atoms with van der Waals surface area (Å²) in [5.41, 5.74) is 0.344. The van der Waals surface area contributed by atoms with Crippen LogP contribution in [0.15, 0.2) is 61.0 Å². The molecule has 0 amide bonds. The zero-order valence-corrected chi connectivity index (χ0v) is 21.5. The highest BCUT2D eigenvalue weighted by molar-refractivity contribution is 7.09. The van der Waals surface area contributed by atoms with E-state index >= 15 is 0 Å². The molecule has 0 saturated heterocycles. The van der Waals surface area contributed by atoms with E-state index in [-0.39, 0.29) is 39.3 Å². The number of phenols is 1. The van der Waals surface area contributed by atoms with E-state index in [4.69, 9.17) is 0 Å². The Bertz CT molecular complexity index is 1540. The van der Waals surface area contributed by atoms with E-state index < -0.39 is 4.92 Å². The molecule has 2 heterocycles. The number of benzene rings is 2. The number of anilines is 1. The number of hydrogen-bond donors (Lipinski definition) is 1. The van der Waals surface area contributed by atoms with Crippen molar-refractivity contribution in [2.24, 2.45) is 30.7 Å². The maximum atomic E-state index is 11.3. The van der Waals surface area contributed by atoms with Crippen LogP contribution < -0.4 is 4.90 Å². The van der Waals surface area contributed by atoms with Crippen molar-refractivity contribution in [2.45, 2.75) is 13.8 Å². The third-order valence-corrected chi connectivity index (χ3v) is 5.89. The molecule has 17 heteroatoms. The van der Waals surface area contributed by atoms with Crippen LogP contribution in [0.1, 0.15) is 11.6 Å². The van der Waals surface area contributed by atoms with Gasteiger partial charge >= 0.3 is 0 Å². The topological polar surface area (TPSA) is 192 Å². The van der Waals surface area contributed by atoms with Crippen LogP contribution in [0.2, 0.25) is 0 Å². The SMILES string of the molecule is Cc1nsc(N=Nc2cc(N=Nc3ccccc3[N+](=O)[O-])c(O)c(N=Nc3nc(C)ns3)c2N(C)C)n1. The average molecular weight is 539 g/mol. The second-order valence-electron chi connectivity index (χ2n) is 7.45. The van der Waals surface area contributed by atoms with Crippen molar-refractivity contribution >= 4 is 67.5 Å². The van der Waals surface area contributed by atoms with Crippen LogP contribution in [-0.2, 0) is 0 Å². The lowest BCUT2D eigenvalue weighted by Crippen LogP contribution is -2.09. The van der Waals surface area contributed by atoms with Crippen molar-refractivity contribution in [3.05, 3.63) is 52.1 Å². The van der Waals surface area contributed by atoms with Gasteiger partial charge in [0, 0.05) is 43.2 Å². The van der Waals surface area contributed by atoms with Crippen molar-refractivity contribution in [1.29, 1.82) is 0 Å². The number of nitrogens with zero attached hydrogens (tertiary/aromatic N) is 12. The lowest BCUT2D eigenvalue weighted by atomic mass is 10.1. The number of hydrogen-bond acceptors (Lipinski definition) is 16. The van der Waals surface area contributed by atoms with Crippen LogP contribution in [0.3, 0.4) is 0 Å². The van der Waals surface area contributed by atoms with Gasteiger partial charge in [-0.3, -0.25) is 10.1 Å². The van der Waals surface area contributed by atoms with E-state index in [1.54, 1.807) is 38.9 Å².